The first-order valence-electron chi connectivity index (χ1n) is 5.77. The minimum atomic E-state index is -3.53. The van der Waals surface area contributed by atoms with E-state index in [4.69, 9.17) is 10.00 Å². The molecule has 7 nitrogen and oxygen atoms in total. The number of piperidine rings is 1. The fourth-order valence-corrected chi connectivity index (χ4v) is 2.77. The first kappa shape index (κ1) is 14.7. The lowest BCUT2D eigenvalue weighted by Gasteiger charge is -2.31. The summed E-state index contributed by atoms with van der Waals surface area (Å²) in [5.74, 6) is -0.537. The molecular weight excluding hydrogens is 258 g/mol. The highest BCUT2D eigenvalue weighted by molar-refractivity contribution is 7.89. The molecule has 18 heavy (non-hydrogen) atoms. The standard InChI is InChI=1S/C10H17N3O4S/c1-2-17-10(14)13-6-3-9(4-7-13)12-18(15,16)8-5-11/h9,12H,2-4,6-8H2,1H3. The quantitative estimate of drug-likeness (QED) is 0.781. The molecule has 1 amide bonds. The third kappa shape index (κ3) is 4.50. The van der Waals surface area contributed by atoms with E-state index in [1.807, 2.05) is 0 Å². The number of nitrogens with one attached hydrogen (secondary N) is 1. The fourth-order valence-electron chi connectivity index (χ4n) is 1.78. The summed E-state index contributed by atoms with van der Waals surface area (Å²) in [6.07, 6.45) is 0.697. The minimum absolute atomic E-state index is 0.214. The topological polar surface area (TPSA) is 99.5 Å². The molecule has 1 heterocycles. The second-order valence-corrected chi connectivity index (χ2v) is 5.75. The third-order valence-electron chi connectivity index (χ3n) is 2.62. The maximum atomic E-state index is 11.4. The van der Waals surface area contributed by atoms with Gasteiger partial charge in [-0.05, 0) is 19.8 Å². The van der Waals surface area contributed by atoms with Crippen LogP contribution < -0.4 is 4.72 Å². The Labute approximate surface area is 107 Å². The smallest absolute Gasteiger partial charge is 0.409 e. The van der Waals surface area contributed by atoms with Gasteiger partial charge in [0, 0.05) is 19.1 Å². The lowest BCUT2D eigenvalue weighted by Crippen LogP contribution is -2.47. The molecule has 0 atom stereocenters. The summed E-state index contributed by atoms with van der Waals surface area (Å²) in [7, 11) is -3.53. The summed E-state index contributed by atoms with van der Waals surface area (Å²) in [6.45, 7) is 2.98. The van der Waals surface area contributed by atoms with E-state index in [0.717, 1.165) is 0 Å². The van der Waals surface area contributed by atoms with Gasteiger partial charge >= 0.3 is 6.09 Å². The van der Waals surface area contributed by atoms with Crippen LogP contribution in [0.1, 0.15) is 19.8 Å². The average Bonchev–Trinajstić information content (AvgIpc) is 2.29. The van der Waals surface area contributed by atoms with Crippen LogP contribution in [0.5, 0.6) is 0 Å². The van der Waals surface area contributed by atoms with Crippen molar-refractivity contribution in [2.45, 2.75) is 25.8 Å². The third-order valence-corrected chi connectivity index (χ3v) is 3.82. The predicted octanol–water partition coefficient (Wildman–Crippen LogP) is 0.0503. The van der Waals surface area contributed by atoms with E-state index in [1.165, 1.54) is 0 Å². The summed E-state index contributed by atoms with van der Waals surface area (Å²) >= 11 is 0. The maximum Gasteiger partial charge on any atom is 0.409 e. The predicted molar refractivity (Wildman–Crippen MR) is 64.2 cm³/mol. The van der Waals surface area contributed by atoms with E-state index in [0.29, 0.717) is 32.5 Å². The Morgan fingerprint density at radius 2 is 2.11 bits per heavy atom. The Morgan fingerprint density at radius 3 is 2.61 bits per heavy atom. The van der Waals surface area contributed by atoms with Gasteiger partial charge in [-0.2, -0.15) is 5.26 Å². The number of carbonyl (C=O) groups is 1. The van der Waals surface area contributed by atoms with Crippen LogP contribution in [0, 0.1) is 11.3 Å². The summed E-state index contributed by atoms with van der Waals surface area (Å²) in [5.41, 5.74) is 0. The van der Waals surface area contributed by atoms with Gasteiger partial charge in [0.25, 0.3) is 0 Å². The second-order valence-electron chi connectivity index (χ2n) is 4.00. The van der Waals surface area contributed by atoms with Crippen molar-refractivity contribution in [2.75, 3.05) is 25.4 Å². The van der Waals surface area contributed by atoms with Crippen molar-refractivity contribution in [1.82, 2.24) is 9.62 Å². The molecule has 0 bridgehead atoms. The molecule has 1 fully saturated rings. The number of hydrogen-bond acceptors (Lipinski definition) is 5. The summed E-state index contributed by atoms with van der Waals surface area (Å²) in [6, 6.07) is 1.39. The van der Waals surface area contributed by atoms with E-state index in [2.05, 4.69) is 4.72 Å². The van der Waals surface area contributed by atoms with Gasteiger partial charge in [-0.25, -0.2) is 17.9 Å². The highest BCUT2D eigenvalue weighted by Crippen LogP contribution is 2.12. The van der Waals surface area contributed by atoms with Crippen molar-refractivity contribution in [3.05, 3.63) is 0 Å². The molecule has 0 spiro atoms. The van der Waals surface area contributed by atoms with Gasteiger partial charge in [-0.3, -0.25) is 0 Å². The molecule has 102 valence electrons. The minimum Gasteiger partial charge on any atom is -0.450 e. The number of carbonyl (C=O) groups excluding carboxylic acids is 1. The number of amides is 1. The summed E-state index contributed by atoms with van der Waals surface area (Å²) in [5, 5.41) is 8.37. The Kier molecular flexibility index (Phi) is 5.37. The van der Waals surface area contributed by atoms with Crippen LogP contribution in [0.4, 0.5) is 4.79 Å². The number of nitrogens with zero attached hydrogens (tertiary/aromatic N) is 2. The van der Waals surface area contributed by atoms with Gasteiger partial charge in [0.2, 0.25) is 10.0 Å². The molecule has 0 aromatic heterocycles. The molecule has 8 heteroatoms. The van der Waals surface area contributed by atoms with Crippen LogP contribution in [0.15, 0.2) is 0 Å². The number of hydrogen-bond donors (Lipinski definition) is 1. The van der Waals surface area contributed by atoms with Crippen LogP contribution in [-0.4, -0.2) is 50.9 Å². The van der Waals surface area contributed by atoms with Crippen molar-refractivity contribution >= 4 is 16.1 Å². The van der Waals surface area contributed by atoms with Crippen LogP contribution in [0.2, 0.25) is 0 Å². The Morgan fingerprint density at radius 1 is 1.50 bits per heavy atom. The molecular formula is C10H17N3O4S. The molecule has 0 aliphatic carbocycles. The van der Waals surface area contributed by atoms with Gasteiger partial charge in [-0.1, -0.05) is 0 Å². The van der Waals surface area contributed by atoms with Crippen molar-refractivity contribution in [2.24, 2.45) is 0 Å². The number of rotatable bonds is 4. The van der Waals surface area contributed by atoms with Gasteiger partial charge < -0.3 is 9.64 Å². The first-order chi connectivity index (χ1) is 8.48. The van der Waals surface area contributed by atoms with Gasteiger partial charge in [0.1, 0.15) is 0 Å². The van der Waals surface area contributed by atoms with Crippen molar-refractivity contribution in [1.29, 1.82) is 5.26 Å². The zero-order valence-electron chi connectivity index (χ0n) is 10.3. The Bertz CT molecular complexity index is 421. The van der Waals surface area contributed by atoms with Crippen LogP contribution >= 0.6 is 0 Å². The normalized spacial score (nSPS) is 17.2. The zero-order chi connectivity index (χ0) is 13.6. The van der Waals surface area contributed by atoms with Crippen LogP contribution in [-0.2, 0) is 14.8 Å². The van der Waals surface area contributed by atoms with E-state index in [9.17, 15) is 13.2 Å². The van der Waals surface area contributed by atoms with Crippen LogP contribution in [0.25, 0.3) is 0 Å². The fraction of sp³-hybridized carbons (Fsp3) is 0.800. The largest absolute Gasteiger partial charge is 0.450 e. The molecule has 0 unspecified atom stereocenters. The average molecular weight is 275 g/mol. The van der Waals surface area contributed by atoms with E-state index in [1.54, 1.807) is 17.9 Å². The first-order valence-corrected chi connectivity index (χ1v) is 7.42. The van der Waals surface area contributed by atoms with Crippen LogP contribution in [0.3, 0.4) is 0 Å². The van der Waals surface area contributed by atoms with E-state index < -0.39 is 15.8 Å². The summed E-state index contributed by atoms with van der Waals surface area (Å²) in [4.78, 5) is 13.0. The number of ether oxygens (including phenoxy) is 1. The lowest BCUT2D eigenvalue weighted by molar-refractivity contribution is 0.0966. The monoisotopic (exact) mass is 275 g/mol. The lowest BCUT2D eigenvalue weighted by atomic mass is 10.1. The second kappa shape index (κ2) is 6.56. The molecule has 0 aromatic carbocycles. The van der Waals surface area contributed by atoms with E-state index >= 15 is 0 Å². The molecule has 0 aromatic rings. The van der Waals surface area contributed by atoms with Crippen molar-refractivity contribution in [3.63, 3.8) is 0 Å². The van der Waals surface area contributed by atoms with E-state index in [-0.39, 0.29) is 12.1 Å². The van der Waals surface area contributed by atoms with Gasteiger partial charge in [0.15, 0.2) is 5.75 Å². The molecule has 1 saturated heterocycles. The molecule has 1 aliphatic heterocycles. The van der Waals surface area contributed by atoms with Crippen molar-refractivity contribution in [3.8, 4) is 6.07 Å². The summed E-state index contributed by atoms with van der Waals surface area (Å²) < 4.78 is 30.1. The number of nitriles is 1. The highest BCUT2D eigenvalue weighted by Gasteiger charge is 2.26. The highest BCUT2D eigenvalue weighted by atomic mass is 32.2. The zero-order valence-corrected chi connectivity index (χ0v) is 11.1. The molecule has 0 radical (unpaired) electrons. The Balaban J connectivity index is 2.41. The maximum absolute atomic E-state index is 11.4. The number of sulfonamides is 1. The number of likely N-dealkylation sites (tertiary alicyclic amines) is 1. The molecule has 1 N–H and O–H groups in total. The Hall–Kier alpha value is -1.33. The molecule has 0 saturated carbocycles. The van der Waals surface area contributed by atoms with Gasteiger partial charge in [0.05, 0.1) is 12.7 Å². The molecule has 1 rings (SSSR count). The van der Waals surface area contributed by atoms with Gasteiger partial charge in [-0.15, -0.1) is 0 Å². The molecule has 1 aliphatic rings. The van der Waals surface area contributed by atoms with Crippen molar-refractivity contribution < 1.29 is 17.9 Å². The SMILES string of the molecule is CCOC(=O)N1CCC(NS(=O)(=O)CC#N)CC1.